The van der Waals surface area contributed by atoms with Crippen molar-refractivity contribution < 1.29 is 0 Å². The Kier molecular flexibility index (Phi) is 7.08. The van der Waals surface area contributed by atoms with E-state index in [0.29, 0.717) is 0 Å². The Morgan fingerprint density at radius 2 is 1.73 bits per heavy atom. The first-order chi connectivity index (χ1) is 7.38. The Morgan fingerprint density at radius 3 is 2.27 bits per heavy atom. The highest BCUT2D eigenvalue weighted by atomic mass is 14.9. The summed E-state index contributed by atoms with van der Waals surface area (Å²) in [6.45, 7) is 5.69. The zero-order valence-electron chi connectivity index (χ0n) is 10.7. The molecule has 0 radical (unpaired) electrons. The number of hydrogen-bond donors (Lipinski definition) is 1. The van der Waals surface area contributed by atoms with Gasteiger partial charge in [0.2, 0.25) is 0 Å². The third-order valence-electron chi connectivity index (χ3n) is 3.80. The number of unbranched alkanes of at least 4 members (excludes halogenated alkanes) is 1. The van der Waals surface area contributed by atoms with Gasteiger partial charge in [-0.15, -0.1) is 0 Å². The molecule has 1 aliphatic carbocycles. The van der Waals surface area contributed by atoms with Gasteiger partial charge in [-0.2, -0.15) is 0 Å². The van der Waals surface area contributed by atoms with Crippen molar-refractivity contribution in [3.8, 4) is 0 Å². The normalized spacial score (nSPS) is 21.2. The van der Waals surface area contributed by atoms with E-state index in [-0.39, 0.29) is 0 Å². The molecule has 1 N–H and O–H groups in total. The van der Waals surface area contributed by atoms with Crippen molar-refractivity contribution in [2.45, 2.75) is 77.7 Å². The Bertz CT molecular complexity index is 136. The monoisotopic (exact) mass is 211 g/mol. The van der Waals surface area contributed by atoms with E-state index in [9.17, 15) is 0 Å². The molecule has 15 heavy (non-hydrogen) atoms. The second-order valence-corrected chi connectivity index (χ2v) is 5.06. The molecule has 0 aliphatic heterocycles. The molecular weight excluding hydrogens is 182 g/mol. The Hall–Kier alpha value is -0.0400. The van der Waals surface area contributed by atoms with Crippen molar-refractivity contribution in [1.82, 2.24) is 5.32 Å². The average Bonchev–Trinajstić information content (AvgIpc) is 2.52. The van der Waals surface area contributed by atoms with Gasteiger partial charge in [-0.25, -0.2) is 0 Å². The first-order valence-electron chi connectivity index (χ1n) is 7.11. The fourth-order valence-corrected chi connectivity index (χ4v) is 2.90. The largest absolute Gasteiger partial charge is 0.314 e. The van der Waals surface area contributed by atoms with Gasteiger partial charge in [0.25, 0.3) is 0 Å². The maximum Gasteiger partial charge on any atom is 0.00952 e. The van der Waals surface area contributed by atoms with Gasteiger partial charge in [0, 0.05) is 6.04 Å². The summed E-state index contributed by atoms with van der Waals surface area (Å²) in [5.74, 6) is 0.971. The van der Waals surface area contributed by atoms with Crippen molar-refractivity contribution in [3.63, 3.8) is 0 Å². The van der Waals surface area contributed by atoms with E-state index in [1.165, 1.54) is 57.8 Å². The van der Waals surface area contributed by atoms with Crippen LogP contribution in [-0.4, -0.2) is 12.6 Å². The second kappa shape index (κ2) is 8.15. The van der Waals surface area contributed by atoms with E-state index in [0.717, 1.165) is 18.5 Å². The smallest absolute Gasteiger partial charge is 0.00952 e. The van der Waals surface area contributed by atoms with Crippen LogP contribution in [0, 0.1) is 5.92 Å². The van der Waals surface area contributed by atoms with Crippen molar-refractivity contribution in [2.24, 2.45) is 5.92 Å². The van der Waals surface area contributed by atoms with Gasteiger partial charge < -0.3 is 5.32 Å². The number of rotatable bonds is 6. The van der Waals surface area contributed by atoms with Crippen LogP contribution in [0.15, 0.2) is 0 Å². The molecule has 0 spiro atoms. The molecule has 0 aromatic carbocycles. The van der Waals surface area contributed by atoms with Crippen LogP contribution in [0.25, 0.3) is 0 Å². The number of nitrogens with one attached hydrogen (secondary N) is 1. The molecule has 1 rings (SSSR count). The fourth-order valence-electron chi connectivity index (χ4n) is 2.90. The van der Waals surface area contributed by atoms with E-state index in [1.54, 1.807) is 0 Å². The molecule has 1 atom stereocenters. The maximum absolute atomic E-state index is 3.71. The van der Waals surface area contributed by atoms with E-state index in [2.05, 4.69) is 19.2 Å². The minimum absolute atomic E-state index is 0.813. The highest BCUT2D eigenvalue weighted by molar-refractivity contribution is 4.78. The summed E-state index contributed by atoms with van der Waals surface area (Å²) in [6.07, 6.45) is 13.0. The molecule has 1 nitrogen and oxygen atoms in total. The summed E-state index contributed by atoms with van der Waals surface area (Å²) in [5, 5.41) is 3.71. The SMILES string of the molecule is CCCCC(NCC)C1CCCCCC1. The molecule has 1 aliphatic rings. The Labute approximate surface area is 96.0 Å². The lowest BCUT2D eigenvalue weighted by Crippen LogP contribution is -2.36. The van der Waals surface area contributed by atoms with E-state index in [1.807, 2.05) is 0 Å². The lowest BCUT2D eigenvalue weighted by Gasteiger charge is -2.27. The van der Waals surface area contributed by atoms with Crippen LogP contribution < -0.4 is 5.32 Å². The summed E-state index contributed by atoms with van der Waals surface area (Å²) >= 11 is 0. The Morgan fingerprint density at radius 1 is 1.07 bits per heavy atom. The van der Waals surface area contributed by atoms with Crippen LogP contribution in [-0.2, 0) is 0 Å². The Balaban J connectivity index is 2.36. The van der Waals surface area contributed by atoms with Gasteiger partial charge in [0.1, 0.15) is 0 Å². The predicted molar refractivity (Wildman–Crippen MR) is 68.2 cm³/mol. The first-order valence-corrected chi connectivity index (χ1v) is 7.11. The molecule has 1 heteroatoms. The molecule has 0 heterocycles. The molecule has 0 saturated heterocycles. The molecule has 90 valence electrons. The minimum atomic E-state index is 0.813. The van der Waals surface area contributed by atoms with E-state index < -0.39 is 0 Å². The van der Waals surface area contributed by atoms with Gasteiger partial charge in [-0.3, -0.25) is 0 Å². The van der Waals surface area contributed by atoms with Crippen LogP contribution in [0.5, 0.6) is 0 Å². The topological polar surface area (TPSA) is 12.0 Å². The lowest BCUT2D eigenvalue weighted by molar-refractivity contribution is 0.303. The van der Waals surface area contributed by atoms with Gasteiger partial charge in [0.05, 0.1) is 0 Å². The highest BCUT2D eigenvalue weighted by Crippen LogP contribution is 2.27. The van der Waals surface area contributed by atoms with Gasteiger partial charge >= 0.3 is 0 Å². The van der Waals surface area contributed by atoms with Crippen molar-refractivity contribution >= 4 is 0 Å². The van der Waals surface area contributed by atoms with Gasteiger partial charge in [0.15, 0.2) is 0 Å². The molecule has 0 aromatic rings. The highest BCUT2D eigenvalue weighted by Gasteiger charge is 2.21. The summed E-state index contributed by atoms with van der Waals surface area (Å²) in [5.41, 5.74) is 0. The van der Waals surface area contributed by atoms with Crippen molar-refractivity contribution in [3.05, 3.63) is 0 Å². The minimum Gasteiger partial charge on any atom is -0.314 e. The van der Waals surface area contributed by atoms with Crippen LogP contribution in [0.3, 0.4) is 0 Å². The molecule has 0 amide bonds. The summed E-state index contributed by atoms with van der Waals surface area (Å²) < 4.78 is 0. The fraction of sp³-hybridized carbons (Fsp3) is 1.00. The maximum atomic E-state index is 3.71. The van der Waals surface area contributed by atoms with Crippen molar-refractivity contribution in [1.29, 1.82) is 0 Å². The number of hydrogen-bond acceptors (Lipinski definition) is 1. The quantitative estimate of drug-likeness (QED) is 0.652. The van der Waals surface area contributed by atoms with Crippen molar-refractivity contribution in [2.75, 3.05) is 6.54 Å². The van der Waals surface area contributed by atoms with Crippen LogP contribution in [0.1, 0.15) is 71.6 Å². The van der Waals surface area contributed by atoms with E-state index >= 15 is 0 Å². The summed E-state index contributed by atoms with van der Waals surface area (Å²) in [7, 11) is 0. The molecule has 1 unspecified atom stereocenters. The molecule has 0 aromatic heterocycles. The molecule has 1 saturated carbocycles. The summed E-state index contributed by atoms with van der Waals surface area (Å²) in [4.78, 5) is 0. The zero-order chi connectivity index (χ0) is 10.9. The lowest BCUT2D eigenvalue weighted by atomic mass is 9.88. The standard InChI is InChI=1S/C14H29N/c1-3-5-12-14(15-4-2)13-10-8-6-7-9-11-13/h13-15H,3-12H2,1-2H3. The van der Waals surface area contributed by atoms with Crippen LogP contribution >= 0.6 is 0 Å². The molecular formula is C14H29N. The predicted octanol–water partition coefficient (Wildman–Crippen LogP) is 4.13. The zero-order valence-corrected chi connectivity index (χ0v) is 10.7. The van der Waals surface area contributed by atoms with Crippen LogP contribution in [0.4, 0.5) is 0 Å². The second-order valence-electron chi connectivity index (χ2n) is 5.06. The van der Waals surface area contributed by atoms with Gasteiger partial charge in [-0.1, -0.05) is 52.4 Å². The third kappa shape index (κ3) is 5.01. The first kappa shape index (κ1) is 13.0. The average molecular weight is 211 g/mol. The summed E-state index contributed by atoms with van der Waals surface area (Å²) in [6, 6.07) is 0.813. The molecule has 0 bridgehead atoms. The van der Waals surface area contributed by atoms with Crippen LogP contribution in [0.2, 0.25) is 0 Å². The van der Waals surface area contributed by atoms with E-state index in [4.69, 9.17) is 0 Å². The third-order valence-corrected chi connectivity index (χ3v) is 3.80. The van der Waals surface area contributed by atoms with Gasteiger partial charge in [-0.05, 0) is 31.7 Å². The molecule has 1 fully saturated rings.